The Kier molecular flexibility index (Phi) is 6.66. The van der Waals surface area contributed by atoms with Crippen LogP contribution in [0.25, 0.3) is 10.9 Å². The maximum Gasteiger partial charge on any atom is 0.322 e. The Morgan fingerprint density at radius 3 is 2.62 bits per heavy atom. The molecule has 0 spiro atoms. The van der Waals surface area contributed by atoms with Crippen LogP contribution in [-0.2, 0) is 13.0 Å². The number of methoxy groups -OCH3 is 2. The quantitative estimate of drug-likeness (QED) is 0.356. The zero-order valence-corrected chi connectivity index (χ0v) is 19.3. The number of anilines is 1. The predicted octanol–water partition coefficient (Wildman–Crippen LogP) is 5.83. The van der Waals surface area contributed by atoms with Gasteiger partial charge in [-0.25, -0.2) is 4.79 Å². The first-order valence-electron chi connectivity index (χ1n) is 10.5. The number of thiophene rings is 1. The van der Waals surface area contributed by atoms with Gasteiger partial charge in [0, 0.05) is 39.8 Å². The van der Waals surface area contributed by atoms with Crippen molar-refractivity contribution in [3.8, 4) is 11.5 Å². The predicted molar refractivity (Wildman–Crippen MR) is 130 cm³/mol. The maximum atomic E-state index is 13.2. The number of fused-ring (bicyclic) bond motifs is 1. The zero-order valence-electron chi connectivity index (χ0n) is 18.5. The van der Waals surface area contributed by atoms with Gasteiger partial charge < -0.3 is 24.7 Å². The fourth-order valence-corrected chi connectivity index (χ4v) is 4.58. The number of rotatable bonds is 8. The SMILES string of the molecule is COc1ccc(NC(=O)N(CCc2c(C)[nH]c3ccccc23)Cc2cccs2)cc1OC. The monoisotopic (exact) mass is 449 g/mol. The summed E-state index contributed by atoms with van der Waals surface area (Å²) in [5.41, 5.74) is 4.17. The van der Waals surface area contributed by atoms with Gasteiger partial charge in [-0.15, -0.1) is 11.3 Å². The number of aryl methyl sites for hydroxylation is 1. The summed E-state index contributed by atoms with van der Waals surface area (Å²) < 4.78 is 10.7. The molecular formula is C25H27N3O3S. The number of hydrogen-bond donors (Lipinski definition) is 2. The zero-order chi connectivity index (χ0) is 22.5. The number of hydrogen-bond acceptors (Lipinski definition) is 4. The molecule has 0 unspecified atom stereocenters. The van der Waals surface area contributed by atoms with Gasteiger partial charge in [0.15, 0.2) is 11.5 Å². The third-order valence-corrected chi connectivity index (χ3v) is 6.37. The molecule has 166 valence electrons. The highest BCUT2D eigenvalue weighted by Crippen LogP contribution is 2.30. The van der Waals surface area contributed by atoms with E-state index in [-0.39, 0.29) is 6.03 Å². The highest BCUT2D eigenvalue weighted by molar-refractivity contribution is 7.09. The van der Waals surface area contributed by atoms with Crippen LogP contribution in [0.1, 0.15) is 16.1 Å². The third-order valence-electron chi connectivity index (χ3n) is 5.51. The smallest absolute Gasteiger partial charge is 0.322 e. The summed E-state index contributed by atoms with van der Waals surface area (Å²) in [5.74, 6) is 1.19. The molecule has 0 atom stereocenters. The molecule has 2 aromatic heterocycles. The Balaban J connectivity index is 1.53. The molecule has 32 heavy (non-hydrogen) atoms. The number of H-pyrrole nitrogens is 1. The Morgan fingerprint density at radius 1 is 1.06 bits per heavy atom. The number of amides is 2. The van der Waals surface area contributed by atoms with Gasteiger partial charge in [-0.1, -0.05) is 24.3 Å². The molecule has 2 N–H and O–H groups in total. The van der Waals surface area contributed by atoms with Gasteiger partial charge in [0.1, 0.15) is 0 Å². The summed E-state index contributed by atoms with van der Waals surface area (Å²) in [4.78, 5) is 19.7. The molecule has 4 rings (SSSR count). The number of carbonyl (C=O) groups excluding carboxylic acids is 1. The summed E-state index contributed by atoms with van der Waals surface area (Å²) in [6, 6.07) is 17.6. The minimum absolute atomic E-state index is 0.150. The molecule has 7 heteroatoms. The number of nitrogens with one attached hydrogen (secondary N) is 2. The number of urea groups is 1. The van der Waals surface area contributed by atoms with Gasteiger partial charge in [0.05, 0.1) is 20.8 Å². The molecule has 0 aliphatic rings. The van der Waals surface area contributed by atoms with Crippen molar-refractivity contribution in [1.29, 1.82) is 0 Å². The van der Waals surface area contributed by atoms with Crippen molar-refractivity contribution in [3.05, 3.63) is 76.1 Å². The van der Waals surface area contributed by atoms with E-state index in [1.54, 1.807) is 37.7 Å². The minimum atomic E-state index is -0.150. The number of carbonyl (C=O) groups is 1. The number of benzene rings is 2. The summed E-state index contributed by atoms with van der Waals surface area (Å²) in [6.07, 6.45) is 0.764. The molecule has 4 aromatic rings. The van der Waals surface area contributed by atoms with Crippen LogP contribution in [0.4, 0.5) is 10.5 Å². The van der Waals surface area contributed by atoms with E-state index in [4.69, 9.17) is 9.47 Å². The van der Waals surface area contributed by atoms with Gasteiger partial charge >= 0.3 is 6.03 Å². The fourth-order valence-electron chi connectivity index (χ4n) is 3.86. The Hall–Kier alpha value is -3.45. The van der Waals surface area contributed by atoms with Crippen molar-refractivity contribution in [3.63, 3.8) is 0 Å². The van der Waals surface area contributed by atoms with Crippen molar-refractivity contribution < 1.29 is 14.3 Å². The van der Waals surface area contributed by atoms with Gasteiger partial charge in [0.2, 0.25) is 0 Å². The largest absolute Gasteiger partial charge is 0.493 e. The van der Waals surface area contributed by atoms with Crippen molar-refractivity contribution in [2.45, 2.75) is 19.9 Å². The van der Waals surface area contributed by atoms with Crippen molar-refractivity contribution in [2.75, 3.05) is 26.1 Å². The van der Waals surface area contributed by atoms with Crippen molar-refractivity contribution in [1.82, 2.24) is 9.88 Å². The van der Waals surface area contributed by atoms with E-state index in [1.165, 1.54) is 10.9 Å². The number of nitrogens with zero attached hydrogens (tertiary/aromatic N) is 1. The maximum absolute atomic E-state index is 13.2. The summed E-state index contributed by atoms with van der Waals surface area (Å²) in [7, 11) is 3.17. The topological polar surface area (TPSA) is 66.6 Å². The number of aromatic nitrogens is 1. The molecule has 0 saturated carbocycles. The Labute approximate surface area is 191 Å². The van der Waals surface area contributed by atoms with E-state index < -0.39 is 0 Å². The second-order valence-corrected chi connectivity index (χ2v) is 8.56. The lowest BCUT2D eigenvalue weighted by Crippen LogP contribution is -2.36. The standard InChI is InChI=1S/C25H27N3O3S/c1-17-20(21-8-4-5-9-22(21)26-17)12-13-28(16-19-7-6-14-32-19)25(29)27-18-10-11-23(30-2)24(15-18)31-3/h4-11,14-15,26H,12-13,16H2,1-3H3,(H,27,29). The molecule has 0 radical (unpaired) electrons. The summed E-state index contributed by atoms with van der Waals surface area (Å²) in [5, 5.41) is 6.25. The molecular weight excluding hydrogens is 422 g/mol. The summed E-state index contributed by atoms with van der Waals surface area (Å²) >= 11 is 1.65. The number of para-hydroxylation sites is 1. The molecule has 6 nitrogen and oxygen atoms in total. The highest BCUT2D eigenvalue weighted by Gasteiger charge is 2.18. The van der Waals surface area contributed by atoms with Crippen LogP contribution in [0.15, 0.2) is 60.0 Å². The van der Waals surface area contributed by atoms with Gasteiger partial charge in [-0.2, -0.15) is 0 Å². The molecule has 2 amide bonds. The van der Waals surface area contributed by atoms with Crippen LogP contribution in [0, 0.1) is 6.92 Å². The Bertz CT molecular complexity index is 1200. The third kappa shape index (κ3) is 4.73. The van der Waals surface area contributed by atoms with E-state index in [2.05, 4.69) is 35.4 Å². The van der Waals surface area contributed by atoms with Crippen LogP contribution >= 0.6 is 11.3 Å². The van der Waals surface area contributed by atoms with Crippen molar-refractivity contribution in [2.24, 2.45) is 0 Å². The lowest BCUT2D eigenvalue weighted by Gasteiger charge is -2.23. The molecule has 0 fully saturated rings. The lowest BCUT2D eigenvalue weighted by molar-refractivity contribution is 0.210. The fraction of sp³-hybridized carbons (Fsp3) is 0.240. The molecule has 0 aliphatic heterocycles. The average Bonchev–Trinajstić information content (AvgIpc) is 3.43. The molecule has 2 heterocycles. The van der Waals surface area contributed by atoms with E-state index in [1.807, 2.05) is 34.5 Å². The van der Waals surface area contributed by atoms with E-state index >= 15 is 0 Å². The first kappa shape index (κ1) is 21.8. The van der Waals surface area contributed by atoms with E-state index in [9.17, 15) is 4.79 Å². The number of ether oxygens (including phenoxy) is 2. The Morgan fingerprint density at radius 2 is 1.88 bits per heavy atom. The molecule has 0 saturated heterocycles. The molecule has 2 aromatic carbocycles. The highest BCUT2D eigenvalue weighted by atomic mass is 32.1. The first-order valence-corrected chi connectivity index (χ1v) is 11.3. The van der Waals surface area contributed by atoms with E-state index in [0.29, 0.717) is 30.3 Å². The first-order chi connectivity index (χ1) is 15.6. The average molecular weight is 450 g/mol. The summed E-state index contributed by atoms with van der Waals surface area (Å²) in [6.45, 7) is 3.24. The second-order valence-electron chi connectivity index (χ2n) is 7.52. The van der Waals surface area contributed by atoms with Crippen molar-refractivity contribution >= 4 is 34.0 Å². The minimum Gasteiger partial charge on any atom is -0.493 e. The van der Waals surface area contributed by atoms with Crippen LogP contribution in [0.5, 0.6) is 11.5 Å². The van der Waals surface area contributed by atoms with E-state index in [0.717, 1.165) is 22.5 Å². The lowest BCUT2D eigenvalue weighted by atomic mass is 10.1. The van der Waals surface area contributed by atoms with Crippen LogP contribution < -0.4 is 14.8 Å². The van der Waals surface area contributed by atoms with Gasteiger partial charge in [-0.3, -0.25) is 0 Å². The molecule has 0 bridgehead atoms. The normalized spacial score (nSPS) is 10.8. The van der Waals surface area contributed by atoms with Crippen LogP contribution in [0.2, 0.25) is 0 Å². The van der Waals surface area contributed by atoms with Crippen LogP contribution in [-0.4, -0.2) is 36.7 Å². The second kappa shape index (κ2) is 9.78. The van der Waals surface area contributed by atoms with Gasteiger partial charge in [-0.05, 0) is 48.6 Å². The van der Waals surface area contributed by atoms with Crippen LogP contribution in [0.3, 0.4) is 0 Å². The van der Waals surface area contributed by atoms with Gasteiger partial charge in [0.25, 0.3) is 0 Å². The number of aromatic amines is 1. The molecule has 0 aliphatic carbocycles.